The number of aliphatic hydroxyl groups is 1. The molecule has 18 heavy (non-hydrogen) atoms. The first-order valence-electron chi connectivity index (χ1n) is 7.47. The van der Waals surface area contributed by atoms with Crippen LogP contribution in [0, 0.1) is 11.8 Å². The van der Waals surface area contributed by atoms with Crippen molar-refractivity contribution in [3.8, 4) is 0 Å². The van der Waals surface area contributed by atoms with E-state index >= 15 is 0 Å². The van der Waals surface area contributed by atoms with Crippen molar-refractivity contribution in [2.75, 3.05) is 13.2 Å². The van der Waals surface area contributed by atoms with Gasteiger partial charge in [0.25, 0.3) is 0 Å². The molecule has 0 aromatic rings. The Balaban J connectivity index is 4.79. The van der Waals surface area contributed by atoms with Crippen LogP contribution in [0.3, 0.4) is 0 Å². The van der Waals surface area contributed by atoms with Crippen LogP contribution in [0.5, 0.6) is 0 Å². The lowest BCUT2D eigenvalue weighted by Gasteiger charge is -2.40. The molecule has 110 valence electrons. The van der Waals surface area contributed by atoms with Crippen LogP contribution in [0.25, 0.3) is 0 Å². The Morgan fingerprint density at radius 2 is 1.61 bits per heavy atom. The van der Waals surface area contributed by atoms with Gasteiger partial charge in [-0.05, 0) is 37.5 Å². The van der Waals surface area contributed by atoms with Crippen molar-refractivity contribution in [2.24, 2.45) is 17.6 Å². The number of rotatable bonds is 10. The Morgan fingerprint density at radius 1 is 1.11 bits per heavy atom. The van der Waals surface area contributed by atoms with Crippen LogP contribution in [0.4, 0.5) is 0 Å². The van der Waals surface area contributed by atoms with E-state index < -0.39 is 0 Å². The molecule has 0 fully saturated rings. The highest BCUT2D eigenvalue weighted by molar-refractivity contribution is 4.93. The van der Waals surface area contributed by atoms with Gasteiger partial charge in [0, 0.05) is 24.7 Å². The third-order valence-electron chi connectivity index (χ3n) is 3.47. The normalized spacial score (nSPS) is 14.5. The topological polar surface area (TPSA) is 58.3 Å². The minimum Gasteiger partial charge on any atom is -0.396 e. The number of hydrogen-bond acceptors (Lipinski definition) is 3. The fourth-order valence-corrected chi connectivity index (χ4v) is 2.96. The summed E-state index contributed by atoms with van der Waals surface area (Å²) in [6.07, 6.45) is 4.06. The van der Waals surface area contributed by atoms with E-state index in [0.29, 0.717) is 24.4 Å². The Bertz CT molecular complexity index is 195. The molecule has 0 aliphatic rings. The molecule has 0 radical (unpaired) electrons. The molecule has 0 aliphatic heterocycles. The predicted molar refractivity (Wildman–Crippen MR) is 79.6 cm³/mol. The molecule has 0 bridgehead atoms. The van der Waals surface area contributed by atoms with Crippen molar-refractivity contribution < 1.29 is 5.11 Å². The van der Waals surface area contributed by atoms with Gasteiger partial charge in [-0.25, -0.2) is 0 Å². The molecule has 0 rings (SSSR count). The van der Waals surface area contributed by atoms with Crippen molar-refractivity contribution in [2.45, 2.75) is 71.9 Å². The van der Waals surface area contributed by atoms with Crippen LogP contribution in [-0.2, 0) is 0 Å². The summed E-state index contributed by atoms with van der Waals surface area (Å²) in [5.74, 6) is 1.26. The van der Waals surface area contributed by atoms with E-state index in [1.807, 2.05) is 0 Å². The largest absolute Gasteiger partial charge is 0.396 e. The highest BCUT2D eigenvalue weighted by atomic mass is 16.3. The molecule has 4 N–H and O–H groups in total. The summed E-state index contributed by atoms with van der Waals surface area (Å²) in [5.41, 5.74) is 6.10. The summed E-state index contributed by atoms with van der Waals surface area (Å²) in [4.78, 5) is 0. The minimum absolute atomic E-state index is 0.0260. The first-order chi connectivity index (χ1) is 8.39. The zero-order valence-electron chi connectivity index (χ0n) is 13.0. The van der Waals surface area contributed by atoms with Crippen LogP contribution in [0.15, 0.2) is 0 Å². The van der Waals surface area contributed by atoms with Gasteiger partial charge in [0.15, 0.2) is 0 Å². The van der Waals surface area contributed by atoms with E-state index in [4.69, 9.17) is 10.8 Å². The zero-order valence-corrected chi connectivity index (χ0v) is 13.0. The van der Waals surface area contributed by atoms with Gasteiger partial charge >= 0.3 is 0 Å². The Labute approximate surface area is 114 Å². The third kappa shape index (κ3) is 6.72. The first-order valence-corrected chi connectivity index (χ1v) is 7.47. The minimum atomic E-state index is 0.0260. The molecule has 0 spiro atoms. The second-order valence-electron chi connectivity index (χ2n) is 6.44. The average Bonchev–Trinajstić information content (AvgIpc) is 2.26. The van der Waals surface area contributed by atoms with Gasteiger partial charge < -0.3 is 16.2 Å². The maximum Gasteiger partial charge on any atom is 0.0445 e. The lowest BCUT2D eigenvalue weighted by Crippen LogP contribution is -2.56. The lowest BCUT2D eigenvalue weighted by molar-refractivity contribution is 0.182. The lowest BCUT2D eigenvalue weighted by atomic mass is 9.81. The number of nitrogens with two attached hydrogens (primary N) is 1. The molecule has 0 aliphatic carbocycles. The number of aliphatic hydroxyl groups excluding tert-OH is 1. The van der Waals surface area contributed by atoms with Gasteiger partial charge in [-0.1, -0.05) is 34.6 Å². The molecule has 0 aromatic carbocycles. The van der Waals surface area contributed by atoms with E-state index in [9.17, 15) is 0 Å². The van der Waals surface area contributed by atoms with Gasteiger partial charge in [0.05, 0.1) is 0 Å². The van der Waals surface area contributed by atoms with Gasteiger partial charge in [-0.3, -0.25) is 0 Å². The number of nitrogens with one attached hydrogen (secondary N) is 1. The average molecular weight is 258 g/mol. The van der Waals surface area contributed by atoms with Crippen molar-refractivity contribution >= 4 is 0 Å². The molecule has 3 nitrogen and oxygen atoms in total. The third-order valence-corrected chi connectivity index (χ3v) is 3.47. The second-order valence-corrected chi connectivity index (χ2v) is 6.44. The van der Waals surface area contributed by atoms with Crippen LogP contribution in [0.1, 0.15) is 60.3 Å². The maximum atomic E-state index is 9.13. The number of hydrogen-bond donors (Lipinski definition) is 3. The molecular weight excluding hydrogens is 224 g/mol. The summed E-state index contributed by atoms with van der Waals surface area (Å²) >= 11 is 0. The van der Waals surface area contributed by atoms with E-state index in [1.54, 1.807) is 0 Å². The smallest absolute Gasteiger partial charge is 0.0445 e. The van der Waals surface area contributed by atoms with E-state index in [0.717, 1.165) is 25.7 Å². The molecular formula is C15H34N2O. The molecule has 0 saturated carbocycles. The molecule has 0 aromatic heterocycles. The highest BCUT2D eigenvalue weighted by Gasteiger charge is 2.31. The summed E-state index contributed by atoms with van der Waals surface area (Å²) < 4.78 is 0. The Kier molecular flexibility index (Phi) is 8.83. The predicted octanol–water partition coefficient (Wildman–Crippen LogP) is 2.53. The van der Waals surface area contributed by atoms with Gasteiger partial charge in [0.1, 0.15) is 0 Å². The van der Waals surface area contributed by atoms with Crippen LogP contribution in [-0.4, -0.2) is 29.8 Å². The Morgan fingerprint density at radius 3 is 1.89 bits per heavy atom. The standard InChI is InChI=1S/C15H34N2O/c1-6-14(7-8-18)17-15(11-16,9-12(2)3)10-13(4)5/h12-14,17-18H,6-11,16H2,1-5H3. The van der Waals surface area contributed by atoms with Gasteiger partial charge in [0.2, 0.25) is 0 Å². The second kappa shape index (κ2) is 8.89. The summed E-state index contributed by atoms with van der Waals surface area (Å²) in [6, 6.07) is 0.371. The Hall–Kier alpha value is -0.120. The van der Waals surface area contributed by atoms with Crippen LogP contribution in [0.2, 0.25) is 0 Å². The van der Waals surface area contributed by atoms with E-state index in [-0.39, 0.29) is 12.1 Å². The molecule has 1 unspecified atom stereocenters. The molecule has 1 atom stereocenters. The van der Waals surface area contributed by atoms with Crippen LogP contribution >= 0.6 is 0 Å². The SMILES string of the molecule is CCC(CCO)NC(CN)(CC(C)C)CC(C)C. The maximum absolute atomic E-state index is 9.13. The van der Waals surface area contributed by atoms with Crippen molar-refractivity contribution in [1.29, 1.82) is 0 Å². The zero-order chi connectivity index (χ0) is 14.2. The fraction of sp³-hybridized carbons (Fsp3) is 1.00. The summed E-state index contributed by atoms with van der Waals surface area (Å²) in [7, 11) is 0. The highest BCUT2D eigenvalue weighted by Crippen LogP contribution is 2.25. The molecule has 0 amide bonds. The van der Waals surface area contributed by atoms with Crippen molar-refractivity contribution in [3.63, 3.8) is 0 Å². The molecule has 0 heterocycles. The van der Waals surface area contributed by atoms with Crippen LogP contribution < -0.4 is 11.1 Å². The molecule has 0 saturated heterocycles. The van der Waals surface area contributed by atoms with Gasteiger partial charge in [-0.15, -0.1) is 0 Å². The summed E-state index contributed by atoms with van der Waals surface area (Å²) in [5, 5.41) is 12.9. The van der Waals surface area contributed by atoms with Crippen molar-refractivity contribution in [1.82, 2.24) is 5.32 Å². The van der Waals surface area contributed by atoms with E-state index in [1.165, 1.54) is 0 Å². The van der Waals surface area contributed by atoms with Crippen molar-refractivity contribution in [3.05, 3.63) is 0 Å². The van der Waals surface area contributed by atoms with E-state index in [2.05, 4.69) is 39.9 Å². The quantitative estimate of drug-likeness (QED) is 0.564. The van der Waals surface area contributed by atoms with Gasteiger partial charge in [-0.2, -0.15) is 0 Å². The first kappa shape index (κ1) is 17.9. The molecule has 3 heteroatoms. The summed E-state index contributed by atoms with van der Waals surface area (Å²) in [6.45, 7) is 12.1. The fourth-order valence-electron chi connectivity index (χ4n) is 2.96. The monoisotopic (exact) mass is 258 g/mol.